The summed E-state index contributed by atoms with van der Waals surface area (Å²) in [7, 11) is 0. The van der Waals surface area contributed by atoms with Gasteiger partial charge < -0.3 is 15.8 Å². The van der Waals surface area contributed by atoms with E-state index in [-0.39, 0.29) is 12.5 Å². The van der Waals surface area contributed by atoms with Crippen molar-refractivity contribution in [2.75, 3.05) is 17.7 Å². The molecule has 6 heteroatoms. The minimum atomic E-state index is -0.542. The maximum absolute atomic E-state index is 11.8. The van der Waals surface area contributed by atoms with E-state index in [0.29, 0.717) is 16.3 Å². The third-order valence-corrected chi connectivity index (χ3v) is 3.84. The van der Waals surface area contributed by atoms with Crippen LogP contribution in [0.5, 0.6) is 0 Å². The number of ether oxygens (including phenoxy) is 1. The fourth-order valence-electron chi connectivity index (χ4n) is 1.72. The maximum atomic E-state index is 11.8. The van der Waals surface area contributed by atoms with Gasteiger partial charge in [-0.3, -0.25) is 4.79 Å². The topological polar surface area (TPSA) is 81.4 Å². The second-order valence-electron chi connectivity index (χ2n) is 4.62. The molecule has 0 atom stereocenters. The van der Waals surface area contributed by atoms with Gasteiger partial charge in [0, 0.05) is 16.3 Å². The molecule has 2 rings (SSSR count). The lowest BCUT2D eigenvalue weighted by Crippen LogP contribution is -2.20. The number of hydrogen-bond acceptors (Lipinski definition) is 5. The van der Waals surface area contributed by atoms with Gasteiger partial charge in [-0.1, -0.05) is 12.1 Å². The van der Waals surface area contributed by atoms with Crippen LogP contribution in [0.3, 0.4) is 0 Å². The molecular weight excluding hydrogens is 288 g/mol. The van der Waals surface area contributed by atoms with Crippen LogP contribution >= 0.6 is 11.3 Å². The Labute approximate surface area is 126 Å². The third kappa shape index (κ3) is 4.06. The van der Waals surface area contributed by atoms with E-state index in [1.807, 2.05) is 32.0 Å². The molecule has 5 nitrogen and oxygen atoms in total. The molecule has 1 aromatic carbocycles. The van der Waals surface area contributed by atoms with Crippen LogP contribution in [0.25, 0.3) is 0 Å². The number of benzene rings is 1. The van der Waals surface area contributed by atoms with Crippen molar-refractivity contribution in [2.24, 2.45) is 0 Å². The lowest BCUT2D eigenvalue weighted by atomic mass is 10.2. The molecule has 0 aliphatic heterocycles. The lowest BCUT2D eigenvalue weighted by Gasteiger charge is -2.06. The molecule has 0 fully saturated rings. The summed E-state index contributed by atoms with van der Waals surface area (Å²) in [5.74, 6) is -0.922. The van der Waals surface area contributed by atoms with Crippen molar-refractivity contribution in [3.8, 4) is 0 Å². The Morgan fingerprint density at radius 1 is 1.29 bits per heavy atom. The number of hydrogen-bond donors (Lipinski definition) is 2. The molecule has 0 aliphatic rings. The SMILES string of the molecule is Cc1cccc(NC(=O)COC(=O)c2cc(N)c(C)s2)c1. The quantitative estimate of drug-likeness (QED) is 0.851. The van der Waals surface area contributed by atoms with Gasteiger partial charge in [-0.2, -0.15) is 0 Å². The minimum Gasteiger partial charge on any atom is -0.451 e. The van der Waals surface area contributed by atoms with Crippen molar-refractivity contribution in [3.63, 3.8) is 0 Å². The smallest absolute Gasteiger partial charge is 0.348 e. The molecule has 0 radical (unpaired) electrons. The normalized spacial score (nSPS) is 10.2. The van der Waals surface area contributed by atoms with Crippen molar-refractivity contribution >= 4 is 34.6 Å². The van der Waals surface area contributed by atoms with Crippen LogP contribution in [0.15, 0.2) is 30.3 Å². The van der Waals surface area contributed by atoms with E-state index in [1.54, 1.807) is 12.1 Å². The number of nitrogens with two attached hydrogens (primary N) is 1. The predicted octanol–water partition coefficient (Wildman–Crippen LogP) is 2.74. The number of carbonyl (C=O) groups excluding carboxylic acids is 2. The van der Waals surface area contributed by atoms with Crippen LogP contribution in [-0.2, 0) is 9.53 Å². The fraction of sp³-hybridized carbons (Fsp3) is 0.200. The van der Waals surface area contributed by atoms with Crippen molar-refractivity contribution in [2.45, 2.75) is 13.8 Å². The van der Waals surface area contributed by atoms with Crippen LogP contribution < -0.4 is 11.1 Å². The second kappa shape index (κ2) is 6.41. The van der Waals surface area contributed by atoms with E-state index in [9.17, 15) is 9.59 Å². The number of aryl methyl sites for hydroxylation is 2. The molecule has 0 saturated carbocycles. The van der Waals surface area contributed by atoms with E-state index in [4.69, 9.17) is 10.5 Å². The first-order valence-electron chi connectivity index (χ1n) is 6.35. The fourth-order valence-corrected chi connectivity index (χ4v) is 2.55. The van der Waals surface area contributed by atoms with Crippen molar-refractivity contribution in [1.82, 2.24) is 0 Å². The van der Waals surface area contributed by atoms with Gasteiger partial charge in [0.15, 0.2) is 6.61 Å². The number of amides is 1. The summed E-state index contributed by atoms with van der Waals surface area (Å²) in [5.41, 5.74) is 7.94. The summed E-state index contributed by atoms with van der Waals surface area (Å²) < 4.78 is 4.96. The summed E-state index contributed by atoms with van der Waals surface area (Å²) in [5, 5.41) is 2.67. The standard InChI is InChI=1S/C15H16N2O3S/c1-9-4-3-5-11(6-9)17-14(18)8-20-15(19)13-7-12(16)10(2)21-13/h3-7H,8,16H2,1-2H3,(H,17,18). The molecule has 0 saturated heterocycles. The number of anilines is 2. The highest BCUT2D eigenvalue weighted by atomic mass is 32.1. The molecule has 0 spiro atoms. The molecule has 2 aromatic rings. The van der Waals surface area contributed by atoms with Gasteiger partial charge in [0.2, 0.25) is 0 Å². The average molecular weight is 304 g/mol. The summed E-state index contributed by atoms with van der Waals surface area (Å²) in [6.07, 6.45) is 0. The largest absolute Gasteiger partial charge is 0.451 e. The molecule has 1 heterocycles. The summed E-state index contributed by atoms with van der Waals surface area (Å²) in [6.45, 7) is 3.42. The Kier molecular flexibility index (Phi) is 4.59. The van der Waals surface area contributed by atoms with Gasteiger partial charge in [0.1, 0.15) is 4.88 Å². The Morgan fingerprint density at radius 2 is 2.05 bits per heavy atom. The highest BCUT2D eigenvalue weighted by Gasteiger charge is 2.14. The monoisotopic (exact) mass is 304 g/mol. The van der Waals surface area contributed by atoms with Gasteiger partial charge in [-0.15, -0.1) is 11.3 Å². The number of nitrogen functional groups attached to an aromatic ring is 1. The van der Waals surface area contributed by atoms with Gasteiger partial charge in [-0.05, 0) is 37.6 Å². The zero-order valence-corrected chi connectivity index (χ0v) is 12.6. The Bertz CT molecular complexity index is 660. The zero-order chi connectivity index (χ0) is 15.4. The number of carbonyl (C=O) groups is 2. The maximum Gasteiger partial charge on any atom is 0.348 e. The van der Waals surface area contributed by atoms with E-state index >= 15 is 0 Å². The summed E-state index contributed by atoms with van der Waals surface area (Å²) >= 11 is 1.25. The van der Waals surface area contributed by atoms with Crippen molar-refractivity contribution in [3.05, 3.63) is 45.6 Å². The van der Waals surface area contributed by atoms with Crippen LogP contribution in [-0.4, -0.2) is 18.5 Å². The van der Waals surface area contributed by atoms with Crippen molar-refractivity contribution < 1.29 is 14.3 Å². The average Bonchev–Trinajstić information content (AvgIpc) is 2.76. The molecule has 1 aromatic heterocycles. The Hall–Kier alpha value is -2.34. The number of thiophene rings is 1. The first-order chi connectivity index (χ1) is 9.95. The van der Waals surface area contributed by atoms with Gasteiger partial charge >= 0.3 is 5.97 Å². The zero-order valence-electron chi connectivity index (χ0n) is 11.8. The van der Waals surface area contributed by atoms with E-state index in [0.717, 1.165) is 10.4 Å². The second-order valence-corrected chi connectivity index (χ2v) is 5.87. The van der Waals surface area contributed by atoms with E-state index < -0.39 is 5.97 Å². The molecule has 0 unspecified atom stereocenters. The number of nitrogens with one attached hydrogen (secondary N) is 1. The first kappa shape index (κ1) is 15.1. The summed E-state index contributed by atoms with van der Waals surface area (Å²) in [6, 6.07) is 8.94. The third-order valence-electron chi connectivity index (χ3n) is 2.79. The van der Waals surface area contributed by atoms with E-state index in [2.05, 4.69) is 5.32 Å². The number of esters is 1. The highest BCUT2D eigenvalue weighted by molar-refractivity contribution is 7.14. The minimum absolute atomic E-state index is 0.330. The first-order valence-corrected chi connectivity index (χ1v) is 7.17. The predicted molar refractivity (Wildman–Crippen MR) is 83.6 cm³/mol. The van der Waals surface area contributed by atoms with Crippen molar-refractivity contribution in [1.29, 1.82) is 0 Å². The Balaban J connectivity index is 1.88. The van der Waals surface area contributed by atoms with Crippen LogP contribution in [0.4, 0.5) is 11.4 Å². The van der Waals surface area contributed by atoms with Crippen LogP contribution in [0.1, 0.15) is 20.1 Å². The molecule has 0 aliphatic carbocycles. The highest BCUT2D eigenvalue weighted by Crippen LogP contribution is 2.23. The lowest BCUT2D eigenvalue weighted by molar-refractivity contribution is -0.119. The number of rotatable bonds is 4. The van der Waals surface area contributed by atoms with Gasteiger partial charge in [-0.25, -0.2) is 4.79 Å². The van der Waals surface area contributed by atoms with Crippen LogP contribution in [0, 0.1) is 13.8 Å². The summed E-state index contributed by atoms with van der Waals surface area (Å²) in [4.78, 5) is 24.7. The molecule has 3 N–H and O–H groups in total. The molecule has 0 bridgehead atoms. The van der Waals surface area contributed by atoms with Gasteiger partial charge in [0.05, 0.1) is 0 Å². The van der Waals surface area contributed by atoms with E-state index in [1.165, 1.54) is 11.3 Å². The van der Waals surface area contributed by atoms with Crippen LogP contribution in [0.2, 0.25) is 0 Å². The molecule has 21 heavy (non-hydrogen) atoms. The molecule has 1 amide bonds. The molecular formula is C15H16N2O3S. The Morgan fingerprint density at radius 3 is 2.67 bits per heavy atom. The molecule has 110 valence electrons. The van der Waals surface area contributed by atoms with Gasteiger partial charge in [0.25, 0.3) is 5.91 Å².